The molecule has 0 bridgehead atoms. The molecular formula is C22H30N6O2S. The zero-order chi connectivity index (χ0) is 22.2. The summed E-state index contributed by atoms with van der Waals surface area (Å²) in [5.41, 5.74) is 3.58. The summed E-state index contributed by atoms with van der Waals surface area (Å²) >= 11 is 1.63. The Morgan fingerprint density at radius 1 is 1.16 bits per heavy atom. The monoisotopic (exact) mass is 442 g/mol. The van der Waals surface area contributed by atoms with Crippen molar-refractivity contribution >= 4 is 34.5 Å². The Morgan fingerprint density at radius 3 is 2.65 bits per heavy atom. The number of nitrogens with one attached hydrogen (secondary N) is 2. The molecule has 0 fully saturated rings. The molecule has 3 rings (SSSR count). The molecule has 0 unspecified atom stereocenters. The van der Waals surface area contributed by atoms with E-state index in [1.807, 2.05) is 30.7 Å². The van der Waals surface area contributed by atoms with Gasteiger partial charge in [-0.15, -0.1) is 0 Å². The summed E-state index contributed by atoms with van der Waals surface area (Å²) in [5.74, 6) is 1.62. The van der Waals surface area contributed by atoms with Crippen LogP contribution in [0.2, 0.25) is 0 Å². The highest BCUT2D eigenvalue weighted by Crippen LogP contribution is 2.24. The quantitative estimate of drug-likeness (QED) is 0.267. The van der Waals surface area contributed by atoms with E-state index in [2.05, 4.69) is 33.7 Å². The molecule has 8 nitrogen and oxygen atoms in total. The smallest absolute Gasteiger partial charge is 0.251 e. The van der Waals surface area contributed by atoms with Crippen LogP contribution in [-0.4, -0.2) is 58.2 Å². The minimum absolute atomic E-state index is 0.0843. The van der Waals surface area contributed by atoms with E-state index < -0.39 is 0 Å². The Bertz CT molecular complexity index is 1020. The van der Waals surface area contributed by atoms with E-state index in [9.17, 15) is 4.79 Å². The standard InChI is InChI=1S/C22H30N6O2S/c1-5-10-31-22-26-19(23-7-9-30-4)18-14-25-28(20(18)27-22)8-6-24-21(29)17-12-15(2)11-16(3)13-17/h11-14H,5-10H2,1-4H3,(H,24,29)(H,23,26,27). The van der Waals surface area contributed by atoms with Crippen LogP contribution in [0, 0.1) is 13.8 Å². The number of nitrogens with zero attached hydrogens (tertiary/aromatic N) is 4. The topological polar surface area (TPSA) is 94.0 Å². The van der Waals surface area contributed by atoms with Crippen molar-refractivity contribution in [3.63, 3.8) is 0 Å². The van der Waals surface area contributed by atoms with Gasteiger partial charge in [0.05, 0.1) is 24.7 Å². The van der Waals surface area contributed by atoms with E-state index in [-0.39, 0.29) is 5.91 Å². The van der Waals surface area contributed by atoms with Crippen LogP contribution in [0.5, 0.6) is 0 Å². The highest BCUT2D eigenvalue weighted by atomic mass is 32.2. The summed E-state index contributed by atoms with van der Waals surface area (Å²) in [7, 11) is 1.67. The summed E-state index contributed by atoms with van der Waals surface area (Å²) < 4.78 is 6.95. The Hall–Kier alpha value is -2.65. The third-order valence-electron chi connectivity index (χ3n) is 4.60. The van der Waals surface area contributed by atoms with Gasteiger partial charge < -0.3 is 15.4 Å². The number of hydrogen-bond acceptors (Lipinski definition) is 7. The largest absolute Gasteiger partial charge is 0.383 e. The predicted octanol–water partition coefficient (Wildman–Crippen LogP) is 3.43. The summed E-state index contributed by atoms with van der Waals surface area (Å²) in [6.45, 7) is 8.32. The predicted molar refractivity (Wildman–Crippen MR) is 125 cm³/mol. The molecule has 2 heterocycles. The van der Waals surface area contributed by atoms with Crippen molar-refractivity contribution < 1.29 is 9.53 Å². The zero-order valence-corrected chi connectivity index (χ0v) is 19.4. The Labute approximate surface area is 187 Å². The second kappa shape index (κ2) is 11.1. The third kappa shape index (κ3) is 6.18. The van der Waals surface area contributed by atoms with E-state index in [4.69, 9.17) is 9.72 Å². The van der Waals surface area contributed by atoms with Crippen molar-refractivity contribution in [1.29, 1.82) is 0 Å². The Morgan fingerprint density at radius 2 is 1.94 bits per heavy atom. The molecule has 2 aromatic heterocycles. The van der Waals surface area contributed by atoms with Crippen molar-refractivity contribution in [3.05, 3.63) is 41.1 Å². The van der Waals surface area contributed by atoms with Gasteiger partial charge in [0.2, 0.25) is 0 Å². The molecule has 2 N–H and O–H groups in total. The van der Waals surface area contributed by atoms with Gasteiger partial charge in [0.1, 0.15) is 5.82 Å². The fourth-order valence-electron chi connectivity index (χ4n) is 3.25. The lowest BCUT2D eigenvalue weighted by atomic mass is 10.1. The lowest BCUT2D eigenvalue weighted by Crippen LogP contribution is -2.27. The number of carbonyl (C=O) groups is 1. The van der Waals surface area contributed by atoms with Crippen molar-refractivity contribution in [2.45, 2.75) is 38.9 Å². The van der Waals surface area contributed by atoms with Crippen LogP contribution in [0.15, 0.2) is 29.6 Å². The van der Waals surface area contributed by atoms with Gasteiger partial charge in [-0.05, 0) is 32.4 Å². The van der Waals surface area contributed by atoms with Crippen LogP contribution >= 0.6 is 11.8 Å². The molecule has 0 radical (unpaired) electrons. The first kappa shape index (κ1) is 23.0. The number of fused-ring (bicyclic) bond motifs is 1. The average Bonchev–Trinajstić information content (AvgIpc) is 3.14. The fourth-order valence-corrected chi connectivity index (χ4v) is 3.94. The van der Waals surface area contributed by atoms with Crippen molar-refractivity contribution in [2.75, 3.05) is 37.9 Å². The van der Waals surface area contributed by atoms with E-state index in [0.29, 0.717) is 31.8 Å². The fraction of sp³-hybridized carbons (Fsp3) is 0.455. The van der Waals surface area contributed by atoms with Gasteiger partial charge in [0.25, 0.3) is 5.91 Å². The molecule has 0 aliphatic rings. The molecule has 0 atom stereocenters. The maximum absolute atomic E-state index is 12.5. The van der Waals surface area contributed by atoms with Gasteiger partial charge in [-0.25, -0.2) is 14.6 Å². The van der Waals surface area contributed by atoms with Crippen LogP contribution in [0.25, 0.3) is 11.0 Å². The van der Waals surface area contributed by atoms with Gasteiger partial charge in [-0.2, -0.15) is 5.10 Å². The van der Waals surface area contributed by atoms with Crippen LogP contribution < -0.4 is 10.6 Å². The normalized spacial score (nSPS) is 11.1. The highest BCUT2D eigenvalue weighted by Gasteiger charge is 2.14. The summed E-state index contributed by atoms with van der Waals surface area (Å²) in [4.78, 5) is 21.9. The van der Waals surface area contributed by atoms with Gasteiger partial charge in [-0.3, -0.25) is 4.79 Å². The van der Waals surface area contributed by atoms with Gasteiger partial charge in [0.15, 0.2) is 10.8 Å². The number of aromatic nitrogens is 4. The highest BCUT2D eigenvalue weighted by molar-refractivity contribution is 7.99. The molecule has 31 heavy (non-hydrogen) atoms. The van der Waals surface area contributed by atoms with Crippen molar-refractivity contribution in [1.82, 2.24) is 25.1 Å². The Balaban J connectivity index is 1.73. The maximum atomic E-state index is 12.5. The lowest BCUT2D eigenvalue weighted by Gasteiger charge is -2.10. The van der Waals surface area contributed by atoms with Crippen LogP contribution in [-0.2, 0) is 11.3 Å². The average molecular weight is 443 g/mol. The van der Waals surface area contributed by atoms with Crippen LogP contribution in [0.1, 0.15) is 34.8 Å². The number of amides is 1. The minimum atomic E-state index is -0.0843. The van der Waals surface area contributed by atoms with Crippen molar-refractivity contribution in [2.24, 2.45) is 0 Å². The second-order valence-electron chi connectivity index (χ2n) is 7.36. The van der Waals surface area contributed by atoms with Gasteiger partial charge in [0, 0.05) is 31.5 Å². The molecule has 1 amide bonds. The summed E-state index contributed by atoms with van der Waals surface area (Å²) in [6.07, 6.45) is 2.81. The third-order valence-corrected chi connectivity index (χ3v) is 5.66. The number of carbonyl (C=O) groups excluding carboxylic acids is 1. The number of rotatable bonds is 11. The number of anilines is 1. The SMILES string of the molecule is CCCSc1nc(NCCOC)c2cnn(CCNC(=O)c3cc(C)cc(C)c3)c2n1. The lowest BCUT2D eigenvalue weighted by molar-refractivity contribution is 0.0952. The van der Waals surface area contributed by atoms with Gasteiger partial charge in [-0.1, -0.05) is 35.9 Å². The molecule has 0 aliphatic heterocycles. The minimum Gasteiger partial charge on any atom is -0.383 e. The molecule has 3 aromatic rings. The van der Waals surface area contributed by atoms with E-state index >= 15 is 0 Å². The summed E-state index contributed by atoms with van der Waals surface area (Å²) in [5, 5.41) is 12.4. The molecule has 1 aromatic carbocycles. The van der Waals surface area contributed by atoms with E-state index in [0.717, 1.165) is 45.3 Å². The molecule has 0 spiro atoms. The van der Waals surface area contributed by atoms with E-state index in [1.54, 1.807) is 25.1 Å². The zero-order valence-electron chi connectivity index (χ0n) is 18.6. The molecule has 166 valence electrons. The Kier molecular flexibility index (Phi) is 8.25. The summed E-state index contributed by atoms with van der Waals surface area (Å²) in [6, 6.07) is 5.85. The molecule has 0 saturated carbocycles. The van der Waals surface area contributed by atoms with Crippen LogP contribution in [0.4, 0.5) is 5.82 Å². The second-order valence-corrected chi connectivity index (χ2v) is 8.42. The number of aryl methyl sites for hydroxylation is 2. The molecular weight excluding hydrogens is 412 g/mol. The number of methoxy groups -OCH3 is 1. The van der Waals surface area contributed by atoms with Gasteiger partial charge >= 0.3 is 0 Å². The van der Waals surface area contributed by atoms with Crippen molar-refractivity contribution in [3.8, 4) is 0 Å². The first-order chi connectivity index (χ1) is 15.0. The van der Waals surface area contributed by atoms with Crippen LogP contribution in [0.3, 0.4) is 0 Å². The number of hydrogen-bond donors (Lipinski definition) is 2. The molecule has 9 heteroatoms. The molecule has 0 aliphatic carbocycles. The van der Waals surface area contributed by atoms with E-state index in [1.165, 1.54) is 0 Å². The maximum Gasteiger partial charge on any atom is 0.251 e. The molecule has 0 saturated heterocycles. The first-order valence-corrected chi connectivity index (χ1v) is 11.5. The number of thioether (sulfide) groups is 1. The number of ether oxygens (including phenoxy) is 1. The first-order valence-electron chi connectivity index (χ1n) is 10.5. The number of benzene rings is 1.